The van der Waals surface area contributed by atoms with Crippen molar-refractivity contribution in [3.8, 4) is 0 Å². The van der Waals surface area contributed by atoms with Gasteiger partial charge in [0.1, 0.15) is 5.82 Å². The van der Waals surface area contributed by atoms with E-state index in [1.807, 2.05) is 36.9 Å². The number of hydrogen-bond donors (Lipinski definition) is 0. The molecule has 3 heterocycles. The molecule has 0 radical (unpaired) electrons. The Hall–Kier alpha value is -1.98. The molecule has 1 atom stereocenters. The number of piperidine rings is 2. The molecule has 6 heteroatoms. The predicted molar refractivity (Wildman–Crippen MR) is 124 cm³/mol. The fourth-order valence-electron chi connectivity index (χ4n) is 4.91. The maximum Gasteiger partial charge on any atom is 0.227 e. The average Bonchev–Trinajstić information content (AvgIpc) is 2.77. The number of carbonyl (C=O) groups excluding carboxylic acids is 1. The molecule has 0 spiro atoms. The average molecular weight is 441 g/mol. The Balaban J connectivity index is 1.43. The summed E-state index contributed by atoms with van der Waals surface area (Å²) >= 11 is 6.16. The van der Waals surface area contributed by atoms with Crippen molar-refractivity contribution in [1.82, 2.24) is 19.8 Å². The number of benzene rings is 1. The van der Waals surface area contributed by atoms with Crippen LogP contribution in [0.25, 0.3) is 0 Å². The van der Waals surface area contributed by atoms with Gasteiger partial charge in [-0.2, -0.15) is 0 Å². The highest BCUT2D eigenvalue weighted by molar-refractivity contribution is 6.30. The van der Waals surface area contributed by atoms with Crippen LogP contribution in [0.3, 0.4) is 0 Å². The maximum atomic E-state index is 12.8. The molecule has 166 valence electrons. The first-order valence-corrected chi connectivity index (χ1v) is 12.0. The Labute approximate surface area is 190 Å². The number of halogens is 1. The van der Waals surface area contributed by atoms with E-state index in [-0.39, 0.29) is 5.91 Å². The van der Waals surface area contributed by atoms with Gasteiger partial charge in [0.2, 0.25) is 5.91 Å². The zero-order valence-corrected chi connectivity index (χ0v) is 19.5. The molecule has 1 aromatic heterocycles. The van der Waals surface area contributed by atoms with E-state index >= 15 is 0 Å². The van der Waals surface area contributed by atoms with Crippen LogP contribution in [0.5, 0.6) is 0 Å². The van der Waals surface area contributed by atoms with E-state index in [1.165, 1.54) is 12.0 Å². The summed E-state index contributed by atoms with van der Waals surface area (Å²) in [6.07, 6.45) is 6.14. The van der Waals surface area contributed by atoms with Crippen molar-refractivity contribution >= 4 is 17.5 Å². The lowest BCUT2D eigenvalue weighted by atomic mass is 9.96. The Kier molecular flexibility index (Phi) is 7.24. The van der Waals surface area contributed by atoms with Crippen molar-refractivity contribution in [2.45, 2.75) is 64.8 Å². The van der Waals surface area contributed by atoms with Crippen molar-refractivity contribution in [3.05, 3.63) is 57.6 Å². The first-order chi connectivity index (χ1) is 15.0. The molecule has 2 aliphatic heterocycles. The van der Waals surface area contributed by atoms with E-state index in [2.05, 4.69) is 11.0 Å². The largest absolute Gasteiger partial charge is 0.342 e. The Bertz CT molecular complexity index is 902. The first-order valence-electron chi connectivity index (χ1n) is 11.6. The minimum atomic E-state index is 0.215. The van der Waals surface area contributed by atoms with Crippen LogP contribution in [-0.2, 0) is 17.8 Å². The lowest BCUT2D eigenvalue weighted by Gasteiger charge is -2.32. The van der Waals surface area contributed by atoms with Gasteiger partial charge in [-0.1, -0.05) is 23.7 Å². The number of rotatable bonds is 5. The van der Waals surface area contributed by atoms with Gasteiger partial charge in [-0.15, -0.1) is 0 Å². The molecule has 0 unspecified atom stereocenters. The summed E-state index contributed by atoms with van der Waals surface area (Å²) in [5.41, 5.74) is 4.17. The van der Waals surface area contributed by atoms with Crippen molar-refractivity contribution in [2.75, 3.05) is 26.2 Å². The smallest absolute Gasteiger partial charge is 0.227 e. The summed E-state index contributed by atoms with van der Waals surface area (Å²) in [4.78, 5) is 27.0. The summed E-state index contributed by atoms with van der Waals surface area (Å²) < 4.78 is 0. The molecule has 2 saturated heterocycles. The number of nitrogens with zero attached hydrogens (tertiary/aromatic N) is 4. The highest BCUT2D eigenvalue weighted by Crippen LogP contribution is 2.27. The zero-order chi connectivity index (χ0) is 21.8. The number of aromatic nitrogens is 2. The normalized spacial score (nSPS) is 20.1. The first kappa shape index (κ1) is 22.2. The van der Waals surface area contributed by atoms with Crippen LogP contribution in [0.1, 0.15) is 66.4 Å². The van der Waals surface area contributed by atoms with E-state index in [0.717, 1.165) is 86.2 Å². The lowest BCUT2D eigenvalue weighted by Crippen LogP contribution is -2.37. The second kappa shape index (κ2) is 10.1. The van der Waals surface area contributed by atoms with Crippen LogP contribution >= 0.6 is 11.6 Å². The highest BCUT2D eigenvalue weighted by Gasteiger charge is 2.26. The van der Waals surface area contributed by atoms with E-state index < -0.39 is 0 Å². The van der Waals surface area contributed by atoms with Gasteiger partial charge in [0.05, 0.1) is 6.42 Å². The third-order valence-corrected chi connectivity index (χ3v) is 6.88. The van der Waals surface area contributed by atoms with Gasteiger partial charge in [0.15, 0.2) is 0 Å². The zero-order valence-electron chi connectivity index (χ0n) is 18.7. The quantitative estimate of drug-likeness (QED) is 0.677. The molecule has 1 aromatic carbocycles. The van der Waals surface area contributed by atoms with Gasteiger partial charge >= 0.3 is 0 Å². The van der Waals surface area contributed by atoms with Gasteiger partial charge in [-0.05, 0) is 70.2 Å². The second-order valence-electron chi connectivity index (χ2n) is 9.05. The number of carbonyl (C=O) groups is 1. The fraction of sp³-hybridized carbons (Fsp3) is 0.560. The van der Waals surface area contributed by atoms with Gasteiger partial charge < -0.3 is 4.90 Å². The molecule has 4 rings (SSSR count). The summed E-state index contributed by atoms with van der Waals surface area (Å²) in [6.45, 7) is 8.78. The maximum absolute atomic E-state index is 12.8. The van der Waals surface area contributed by atoms with Crippen LogP contribution in [-0.4, -0.2) is 51.9 Å². The number of hydrogen-bond acceptors (Lipinski definition) is 4. The summed E-state index contributed by atoms with van der Waals surface area (Å²) in [6, 6.07) is 8.11. The van der Waals surface area contributed by atoms with Gasteiger partial charge in [-0.25, -0.2) is 9.97 Å². The van der Waals surface area contributed by atoms with E-state index in [0.29, 0.717) is 12.3 Å². The van der Waals surface area contributed by atoms with Crippen LogP contribution in [0, 0.1) is 13.8 Å². The molecule has 2 aliphatic rings. The van der Waals surface area contributed by atoms with E-state index in [4.69, 9.17) is 21.6 Å². The molecule has 0 N–H and O–H groups in total. The molecule has 1 amide bonds. The number of likely N-dealkylation sites (tertiary alicyclic amines) is 2. The number of aryl methyl sites for hydroxylation is 2. The molecule has 5 nitrogen and oxygen atoms in total. The summed E-state index contributed by atoms with van der Waals surface area (Å²) in [5.74, 6) is 1.48. The molecule has 31 heavy (non-hydrogen) atoms. The van der Waals surface area contributed by atoms with Gasteiger partial charge in [0, 0.05) is 54.1 Å². The molecule has 0 aliphatic carbocycles. The molecular formula is C25H33ClN4O. The third-order valence-electron chi connectivity index (χ3n) is 6.64. The monoisotopic (exact) mass is 440 g/mol. The van der Waals surface area contributed by atoms with Crippen LogP contribution in [0.15, 0.2) is 24.3 Å². The minimum absolute atomic E-state index is 0.215. The summed E-state index contributed by atoms with van der Waals surface area (Å²) in [5, 5.41) is 0.787. The Morgan fingerprint density at radius 1 is 1.06 bits per heavy atom. The highest BCUT2D eigenvalue weighted by atomic mass is 35.5. The van der Waals surface area contributed by atoms with Crippen molar-refractivity contribution < 1.29 is 4.79 Å². The van der Waals surface area contributed by atoms with E-state index in [1.54, 1.807) is 0 Å². The standard InChI is InChI=1S/C25H33ClN4O/c1-18-23(15-24(31)30-12-4-3-5-13-30)19(2)28-25(27-18)21-9-7-11-29(17-21)16-20-8-6-10-22(26)14-20/h6,8,10,14,21H,3-5,7,9,11-13,15-17H2,1-2H3/t21-/m1/s1. The molecule has 2 aromatic rings. The lowest BCUT2D eigenvalue weighted by molar-refractivity contribution is -0.131. The molecular weight excluding hydrogens is 408 g/mol. The van der Waals surface area contributed by atoms with Crippen molar-refractivity contribution in [1.29, 1.82) is 0 Å². The van der Waals surface area contributed by atoms with Crippen molar-refractivity contribution in [3.63, 3.8) is 0 Å². The number of amides is 1. The Morgan fingerprint density at radius 3 is 2.52 bits per heavy atom. The SMILES string of the molecule is Cc1nc([C@@H]2CCCN(Cc3cccc(Cl)c3)C2)nc(C)c1CC(=O)N1CCCCC1. The molecule has 0 saturated carbocycles. The van der Waals surface area contributed by atoms with Crippen LogP contribution in [0.2, 0.25) is 5.02 Å². The van der Waals surface area contributed by atoms with Crippen molar-refractivity contribution in [2.24, 2.45) is 0 Å². The third kappa shape index (κ3) is 5.64. The fourth-order valence-corrected chi connectivity index (χ4v) is 5.13. The van der Waals surface area contributed by atoms with E-state index in [9.17, 15) is 4.79 Å². The molecule has 0 bridgehead atoms. The second-order valence-corrected chi connectivity index (χ2v) is 9.49. The Morgan fingerprint density at radius 2 is 1.81 bits per heavy atom. The minimum Gasteiger partial charge on any atom is -0.342 e. The van der Waals surface area contributed by atoms with Gasteiger partial charge in [0.25, 0.3) is 0 Å². The van der Waals surface area contributed by atoms with Gasteiger partial charge in [-0.3, -0.25) is 9.69 Å². The predicted octanol–water partition coefficient (Wildman–Crippen LogP) is 4.68. The van der Waals surface area contributed by atoms with Crippen LogP contribution in [0.4, 0.5) is 0 Å². The van der Waals surface area contributed by atoms with Crippen LogP contribution < -0.4 is 0 Å². The summed E-state index contributed by atoms with van der Waals surface area (Å²) in [7, 11) is 0. The molecule has 2 fully saturated rings. The topological polar surface area (TPSA) is 49.3 Å².